The van der Waals surface area contributed by atoms with Gasteiger partial charge in [0, 0.05) is 170 Å². The molecule has 0 spiro atoms. The molecule has 0 aliphatic carbocycles. The van der Waals surface area contributed by atoms with Crippen molar-refractivity contribution in [3.8, 4) is 143 Å². The Balaban J connectivity index is 0.000000152. The monoisotopic (exact) mass is 2800 g/mol. The molecule has 0 unspecified atom stereocenters. The molecule has 8 aromatic heterocycles. The van der Waals surface area contributed by atoms with Crippen LogP contribution in [0.3, 0.4) is 0 Å². The number of hydrogen-bond donors (Lipinski definition) is 0. The number of pyridine rings is 1. The van der Waals surface area contributed by atoms with Gasteiger partial charge in [0.2, 0.25) is 0 Å². The number of nitriles is 4. The Morgan fingerprint density at radius 1 is 0.336 bits per heavy atom. The molecule has 0 aliphatic rings. The fourth-order valence-corrected chi connectivity index (χ4v) is 18.1. The van der Waals surface area contributed by atoms with Gasteiger partial charge < -0.3 is 36.7 Å². The molecule has 22 aromatic rings. The van der Waals surface area contributed by atoms with Crippen LogP contribution in [0.4, 0.5) is 18.9 Å². The van der Waals surface area contributed by atoms with Crippen molar-refractivity contribution in [2.45, 2.75) is 75.4 Å². The third-order valence-corrected chi connectivity index (χ3v) is 24.0. The quantitative estimate of drug-likeness (QED) is 0.0982. The van der Waals surface area contributed by atoms with E-state index in [1.807, 2.05) is 244 Å². The van der Waals surface area contributed by atoms with Gasteiger partial charge in [-0.2, -0.15) is 40.3 Å². The maximum Gasteiger partial charge on any atom is 0.433 e. The summed E-state index contributed by atoms with van der Waals surface area (Å²) in [7, 11) is 0. The molecule has 5 radical (unpaired) electrons. The second kappa shape index (κ2) is 47.3. The Hall–Kier alpha value is -15.6. The van der Waals surface area contributed by atoms with Gasteiger partial charge >= 0.3 is 6.18 Å². The van der Waals surface area contributed by atoms with Crippen LogP contribution in [0.25, 0.3) is 167 Å². The average molecular weight is 2800 g/mol. The van der Waals surface area contributed by atoms with Crippen LogP contribution < -0.4 is 0 Å². The van der Waals surface area contributed by atoms with E-state index < -0.39 is 11.9 Å². The number of imidazole rings is 5. The number of hydrogen-bond acceptors (Lipinski definition) is 12. The Morgan fingerprint density at radius 3 is 1.23 bits per heavy atom. The van der Waals surface area contributed by atoms with Gasteiger partial charge in [0.05, 0.1) is 58.0 Å². The van der Waals surface area contributed by atoms with Gasteiger partial charge in [-0.15, -0.1) is 126 Å². The third kappa shape index (κ3) is 22.6. The number of aryl methyl sites for hydroxylation is 10. The van der Waals surface area contributed by atoms with E-state index in [-0.39, 0.29) is 106 Å². The van der Waals surface area contributed by atoms with Gasteiger partial charge in [-0.25, -0.2) is 0 Å². The van der Waals surface area contributed by atoms with E-state index in [1.165, 1.54) is 39.0 Å². The summed E-state index contributed by atoms with van der Waals surface area (Å²) in [5.41, 5.74) is 29.0. The molecule has 8 heterocycles. The van der Waals surface area contributed by atoms with E-state index in [4.69, 9.17) is 15.4 Å². The summed E-state index contributed by atoms with van der Waals surface area (Å²) in [6.07, 6.45) is 5.25. The van der Waals surface area contributed by atoms with Gasteiger partial charge in [0.15, 0.2) is 5.69 Å². The summed E-state index contributed by atoms with van der Waals surface area (Å²) >= 11 is 0. The molecule has 0 N–H and O–H groups in total. The Labute approximate surface area is 910 Å². The van der Waals surface area contributed by atoms with Crippen molar-refractivity contribution in [1.29, 1.82) is 21.0 Å². The molecule has 0 aliphatic heterocycles. The molecule has 0 bridgehead atoms. The van der Waals surface area contributed by atoms with E-state index in [0.717, 1.165) is 168 Å². The minimum atomic E-state index is -4.65. The molecule has 0 saturated carbocycles. The van der Waals surface area contributed by atoms with Crippen LogP contribution in [0.15, 0.2) is 337 Å². The van der Waals surface area contributed by atoms with Gasteiger partial charge in [0.25, 0.3) is 0 Å². The number of benzene rings is 14. The van der Waals surface area contributed by atoms with E-state index >= 15 is 0 Å². The van der Waals surface area contributed by atoms with Crippen LogP contribution in [0.5, 0.6) is 0 Å². The number of halogens is 3. The van der Waals surface area contributed by atoms with Crippen molar-refractivity contribution < 1.29 is 123 Å². The summed E-state index contributed by atoms with van der Waals surface area (Å²) in [4.78, 5) is 29.8. The van der Waals surface area contributed by atoms with Gasteiger partial charge in [-0.05, 0) is 160 Å². The van der Waals surface area contributed by atoms with Crippen LogP contribution in [0.1, 0.15) is 84.2 Å². The summed E-state index contributed by atoms with van der Waals surface area (Å²) in [5, 5.41) is 41.7. The molecule has 18 nitrogen and oxygen atoms in total. The predicted molar refractivity (Wildman–Crippen MR) is 545 cm³/mol. The van der Waals surface area contributed by atoms with E-state index in [1.54, 1.807) is 37.1 Å². The number of furan rings is 2. The average Bonchev–Trinajstić information content (AvgIpc) is 1.74. The molecule has 14 aromatic carbocycles. The smallest absolute Gasteiger partial charge is 0.433 e. The van der Waals surface area contributed by atoms with Crippen molar-refractivity contribution in [2.24, 2.45) is 0 Å². The first-order chi connectivity index (χ1) is 68.4. The summed E-state index contributed by atoms with van der Waals surface area (Å²) in [5.74, 6) is 2.81. The van der Waals surface area contributed by atoms with E-state index in [0.29, 0.717) is 57.2 Å². The standard InChI is InChI=1S/C29H17F3N3.C25H18N3O.C24H18N3.C23H14N3O.C19H17N4.5Ir/c1-33-23-15-8-14-22(18-23)28-34-26(29(30,31)32)19-35(28)27-24(20-10-4-2-5-11-20)16-9-17-25(27)21-12-6-3-7-13-21;1-15-11-16(2)23(17(3)12-15)28-14-18(13-26)27-25(28)21-9-6-8-20-19-7-4-5-10-22(19)29-24(20)21;1-17-13-21(19-9-5-3-6-10-19)14-18(2)23(17)27-16-22(15-25)26-24(27)20-11-7-4-8-12-20;1-15-11-12-20-21(18-9-5-6-10-19(18)27-20)22(15)26-14-17(13-24)25-23(26)16-7-3-2-4-8-16;1-12-7-13(2)18(14(3)8-12)23-11-17(9-20)22-19(23)16-6-5-15(4)21-10-16;;;;;/h2-13,15-19H;4-8,10-12,14H,1-3H3;3-11,13-14,16H,1-2H3;2-7,9-12,14H,1H3;5,7-8,10-11H,1-4H3;;;;;/q5*-1;;;;;. The molecule has 0 amide bonds. The molecule has 0 saturated heterocycles. The molecule has 26 heteroatoms. The predicted octanol–water partition coefficient (Wildman–Crippen LogP) is 29.0. The SMILES string of the molecule is Cc1cc(-c2ccccc2)cc(C)c1-n1cc(C#N)nc1-c1[c-]cccc1.Cc1cc(C)c(-n2cc(C#N)nc2-c2[c-]cc(C)nc2)c(C)c1.Cc1cc(C)c(-n2cc(C#N)nc2-c2[c-]ccc3c2oc2ccccc23)c(C)c1.Cc1ccc2oc3ccccc3c2c1-n1cc(C#N)nc1-c1[c-]cccc1.[C-]#[N+]c1cc[c-]c(-c2nc(C(F)(F)F)cn2-c2c(-c3ccccc3)cccc2-c2ccccc2)c1.[Ir].[Ir].[Ir].[Ir].[Ir]. The molecular weight excluding hydrogens is 2720 g/mol. The minimum absolute atomic E-state index is 0. The third-order valence-electron chi connectivity index (χ3n) is 24.0. The molecule has 146 heavy (non-hydrogen) atoms. The van der Waals surface area contributed by atoms with Gasteiger partial charge in [-0.1, -0.05) is 217 Å². The summed E-state index contributed by atoms with van der Waals surface area (Å²) in [6, 6.07) is 118. The second-order valence-corrected chi connectivity index (χ2v) is 33.9. The largest absolute Gasteiger partial charge is 0.501 e. The van der Waals surface area contributed by atoms with Crippen molar-refractivity contribution in [2.75, 3.05) is 0 Å². The summed E-state index contributed by atoms with van der Waals surface area (Å²) in [6.45, 7) is 28.0. The maximum absolute atomic E-state index is 13.9. The van der Waals surface area contributed by atoms with Crippen molar-refractivity contribution in [3.05, 3.63) is 454 Å². The normalized spacial score (nSPS) is 10.6. The number of alkyl halides is 3. The first kappa shape index (κ1) is 108. The minimum Gasteiger partial charge on any atom is -0.501 e. The molecule has 0 fully saturated rings. The first-order valence-corrected chi connectivity index (χ1v) is 45.1. The Bertz CT molecular complexity index is 8610. The fourth-order valence-electron chi connectivity index (χ4n) is 18.1. The number of para-hydroxylation sites is 3. The van der Waals surface area contributed by atoms with Crippen LogP contribution in [0, 0.1) is 151 Å². The van der Waals surface area contributed by atoms with Crippen LogP contribution in [0.2, 0.25) is 0 Å². The molecule has 0 atom stereocenters. The van der Waals surface area contributed by atoms with Gasteiger partial charge in [0.1, 0.15) is 69.5 Å². The number of rotatable bonds is 13. The molecule has 727 valence electrons. The number of fused-ring (bicyclic) bond motifs is 6. The first-order valence-electron chi connectivity index (χ1n) is 45.1. The fraction of sp³-hybridized carbons (Fsp3) is 0.0917. The number of nitrogens with zero attached hydrogens (tertiary/aromatic N) is 16. The van der Waals surface area contributed by atoms with Crippen LogP contribution in [-0.4, -0.2) is 52.7 Å². The molecular formula is C120H84F3Ir5N16O2-5. The summed E-state index contributed by atoms with van der Waals surface area (Å²) < 4.78 is 63.2. The maximum atomic E-state index is 13.9. The second-order valence-electron chi connectivity index (χ2n) is 33.9. The van der Waals surface area contributed by atoms with E-state index in [2.05, 4.69) is 206 Å². The van der Waals surface area contributed by atoms with Crippen LogP contribution in [-0.2, 0) is 107 Å². The van der Waals surface area contributed by atoms with Crippen molar-refractivity contribution in [1.82, 2.24) is 52.7 Å². The topological polar surface area (TPSA) is 228 Å². The molecule has 22 rings (SSSR count). The zero-order chi connectivity index (χ0) is 98.3. The van der Waals surface area contributed by atoms with Gasteiger partial charge in [-0.3, -0.25) is 29.8 Å². The Morgan fingerprint density at radius 2 is 0.753 bits per heavy atom. The zero-order valence-electron chi connectivity index (χ0n) is 79.9. The van der Waals surface area contributed by atoms with Crippen molar-refractivity contribution >= 4 is 49.6 Å². The Kier molecular flexibility index (Phi) is 34.8. The van der Waals surface area contributed by atoms with Crippen molar-refractivity contribution in [3.63, 3.8) is 0 Å². The number of aromatic nitrogens is 11. The van der Waals surface area contributed by atoms with E-state index in [9.17, 15) is 34.2 Å². The zero-order valence-corrected chi connectivity index (χ0v) is 91.9. The van der Waals surface area contributed by atoms with Crippen LogP contribution >= 0.6 is 0 Å².